The SMILES string of the molecule is CCOc1cc(C=Nn2c(-c3ccc(Cl)cc3)nc3ccccc3c2=O)ccc1OC(=O)c1ccc(Cl)cc1Cl. The van der Waals surface area contributed by atoms with Gasteiger partial charge in [-0.1, -0.05) is 46.9 Å². The average molecular weight is 593 g/mol. The molecule has 0 saturated carbocycles. The molecule has 7 nitrogen and oxygen atoms in total. The molecule has 0 N–H and O–H groups in total. The number of hydrogen-bond donors (Lipinski definition) is 0. The summed E-state index contributed by atoms with van der Waals surface area (Å²) in [5, 5.41) is 6.04. The number of esters is 1. The standard InChI is InChI=1S/C30H20Cl3N3O4/c1-2-39-27-15-18(7-14-26(27)40-30(38)22-13-12-21(32)16-24(22)33)17-34-36-28(19-8-10-20(31)11-9-19)35-25-6-4-3-5-23(25)29(36)37/h3-17H,2H2,1H3. The highest BCUT2D eigenvalue weighted by Crippen LogP contribution is 2.30. The normalized spacial score (nSPS) is 11.2. The quantitative estimate of drug-likeness (QED) is 0.111. The number of fused-ring (bicyclic) bond motifs is 1. The van der Waals surface area contributed by atoms with Crippen molar-refractivity contribution in [3.63, 3.8) is 0 Å². The molecule has 0 amide bonds. The number of hydrogen-bond acceptors (Lipinski definition) is 6. The molecule has 0 bridgehead atoms. The van der Waals surface area contributed by atoms with E-state index in [4.69, 9.17) is 44.3 Å². The molecule has 5 aromatic rings. The van der Waals surface area contributed by atoms with Crippen molar-refractivity contribution in [3.8, 4) is 22.9 Å². The molecule has 4 aromatic carbocycles. The third-order valence-corrected chi connectivity index (χ3v) is 6.60. The molecular weight excluding hydrogens is 573 g/mol. The van der Waals surface area contributed by atoms with Crippen molar-refractivity contribution >= 4 is 57.9 Å². The minimum atomic E-state index is -0.662. The molecule has 1 heterocycles. The Hall–Kier alpha value is -4.17. The Balaban J connectivity index is 1.51. The lowest BCUT2D eigenvalue weighted by Crippen LogP contribution is -2.20. The van der Waals surface area contributed by atoms with Crippen molar-refractivity contribution in [2.45, 2.75) is 6.92 Å². The molecule has 0 radical (unpaired) electrons. The number of aromatic nitrogens is 2. The maximum absolute atomic E-state index is 13.4. The summed E-state index contributed by atoms with van der Waals surface area (Å²) in [5.41, 5.74) is 1.64. The lowest BCUT2D eigenvalue weighted by Gasteiger charge is -2.12. The van der Waals surface area contributed by atoms with E-state index in [0.717, 1.165) is 0 Å². The first-order chi connectivity index (χ1) is 19.3. The summed E-state index contributed by atoms with van der Waals surface area (Å²) in [7, 11) is 0. The summed E-state index contributed by atoms with van der Waals surface area (Å²) in [6.45, 7) is 2.13. The molecule has 0 unspecified atom stereocenters. The minimum Gasteiger partial charge on any atom is -0.490 e. The molecule has 5 rings (SSSR count). The largest absolute Gasteiger partial charge is 0.490 e. The highest BCUT2D eigenvalue weighted by atomic mass is 35.5. The van der Waals surface area contributed by atoms with Gasteiger partial charge in [-0.05, 0) is 85.3 Å². The summed E-state index contributed by atoms with van der Waals surface area (Å²) in [5.74, 6) is 0.200. The lowest BCUT2D eigenvalue weighted by molar-refractivity contribution is 0.0728. The van der Waals surface area contributed by atoms with E-state index in [1.54, 1.807) is 73.7 Å². The molecule has 10 heteroatoms. The molecular formula is C30H20Cl3N3O4. The van der Waals surface area contributed by atoms with Crippen LogP contribution in [0.3, 0.4) is 0 Å². The number of halogens is 3. The Bertz CT molecular complexity index is 1820. The van der Waals surface area contributed by atoms with Crippen molar-refractivity contribution in [3.05, 3.63) is 121 Å². The Morgan fingerprint density at radius 1 is 0.925 bits per heavy atom. The maximum atomic E-state index is 13.4. The van der Waals surface area contributed by atoms with Crippen molar-refractivity contribution < 1.29 is 14.3 Å². The molecule has 0 aliphatic carbocycles. The van der Waals surface area contributed by atoms with Gasteiger partial charge in [0.2, 0.25) is 0 Å². The summed E-state index contributed by atoms with van der Waals surface area (Å²) in [6, 6.07) is 23.5. The topological polar surface area (TPSA) is 82.8 Å². The van der Waals surface area contributed by atoms with Gasteiger partial charge in [0.05, 0.1) is 34.3 Å². The van der Waals surface area contributed by atoms with Crippen molar-refractivity contribution in [2.75, 3.05) is 6.61 Å². The molecule has 0 atom stereocenters. The number of rotatable bonds is 7. The monoisotopic (exact) mass is 591 g/mol. The van der Waals surface area contributed by atoms with Crippen LogP contribution in [0.4, 0.5) is 0 Å². The zero-order valence-corrected chi connectivity index (χ0v) is 23.2. The van der Waals surface area contributed by atoms with E-state index in [1.807, 2.05) is 6.07 Å². The van der Waals surface area contributed by atoms with Crippen LogP contribution in [0.1, 0.15) is 22.8 Å². The molecule has 0 saturated heterocycles. The van der Waals surface area contributed by atoms with E-state index >= 15 is 0 Å². The van der Waals surface area contributed by atoms with E-state index in [9.17, 15) is 9.59 Å². The third-order valence-electron chi connectivity index (χ3n) is 5.80. The average Bonchev–Trinajstić information content (AvgIpc) is 2.94. The van der Waals surface area contributed by atoms with Crippen LogP contribution in [0.5, 0.6) is 11.5 Å². The van der Waals surface area contributed by atoms with Crippen LogP contribution < -0.4 is 15.0 Å². The van der Waals surface area contributed by atoms with Crippen molar-refractivity contribution in [1.29, 1.82) is 0 Å². The number of carbonyl (C=O) groups is 1. The van der Waals surface area contributed by atoms with Crippen LogP contribution in [0, 0.1) is 0 Å². The Labute approximate surface area is 244 Å². The summed E-state index contributed by atoms with van der Waals surface area (Å²) in [6.07, 6.45) is 1.50. The van der Waals surface area contributed by atoms with Gasteiger partial charge < -0.3 is 9.47 Å². The van der Waals surface area contributed by atoms with Gasteiger partial charge in [0.1, 0.15) is 0 Å². The zero-order valence-electron chi connectivity index (χ0n) is 21.0. The fourth-order valence-corrected chi connectivity index (χ4v) is 4.52. The van der Waals surface area contributed by atoms with E-state index in [-0.39, 0.29) is 21.9 Å². The smallest absolute Gasteiger partial charge is 0.345 e. The fourth-order valence-electron chi connectivity index (χ4n) is 3.91. The summed E-state index contributed by atoms with van der Waals surface area (Å²) >= 11 is 18.2. The second-order valence-corrected chi connectivity index (χ2v) is 9.75. The number of nitrogens with zero attached hydrogens (tertiary/aromatic N) is 3. The Morgan fingerprint density at radius 3 is 2.42 bits per heavy atom. The highest BCUT2D eigenvalue weighted by Gasteiger charge is 2.17. The van der Waals surface area contributed by atoms with Crippen LogP contribution in [0.2, 0.25) is 15.1 Å². The van der Waals surface area contributed by atoms with Crippen LogP contribution in [0.15, 0.2) is 94.8 Å². The first-order valence-corrected chi connectivity index (χ1v) is 13.2. The van der Waals surface area contributed by atoms with E-state index in [1.165, 1.54) is 23.0 Å². The number of benzene rings is 4. The summed E-state index contributed by atoms with van der Waals surface area (Å²) < 4.78 is 12.5. The van der Waals surface area contributed by atoms with Gasteiger partial charge in [-0.15, -0.1) is 0 Å². The van der Waals surface area contributed by atoms with Crippen molar-refractivity contribution in [1.82, 2.24) is 9.66 Å². The molecule has 0 spiro atoms. The first kappa shape index (κ1) is 27.4. The minimum absolute atomic E-state index is 0.164. The van der Waals surface area contributed by atoms with Gasteiger partial charge in [0, 0.05) is 15.6 Å². The van der Waals surface area contributed by atoms with Gasteiger partial charge in [-0.2, -0.15) is 9.78 Å². The number of para-hydroxylation sites is 1. The molecule has 0 aliphatic heterocycles. The van der Waals surface area contributed by atoms with Gasteiger partial charge in [-0.3, -0.25) is 4.79 Å². The first-order valence-electron chi connectivity index (χ1n) is 12.1. The van der Waals surface area contributed by atoms with Crippen LogP contribution >= 0.6 is 34.8 Å². The predicted molar refractivity (Wildman–Crippen MR) is 158 cm³/mol. The fraction of sp³-hybridized carbons (Fsp3) is 0.0667. The zero-order chi connectivity index (χ0) is 28.2. The molecule has 0 fully saturated rings. The second-order valence-electron chi connectivity index (χ2n) is 8.47. The summed E-state index contributed by atoms with van der Waals surface area (Å²) in [4.78, 5) is 30.9. The van der Waals surface area contributed by atoms with Gasteiger partial charge in [0.25, 0.3) is 5.56 Å². The Kier molecular flexibility index (Phi) is 8.16. The van der Waals surface area contributed by atoms with E-state index in [0.29, 0.717) is 50.3 Å². The molecule has 40 heavy (non-hydrogen) atoms. The number of ether oxygens (including phenoxy) is 2. The molecule has 0 aliphatic rings. The second kappa shape index (κ2) is 11.9. The van der Waals surface area contributed by atoms with E-state index < -0.39 is 5.97 Å². The molecule has 1 aromatic heterocycles. The third kappa shape index (κ3) is 5.87. The number of carbonyl (C=O) groups excluding carboxylic acids is 1. The van der Waals surface area contributed by atoms with Crippen LogP contribution in [-0.4, -0.2) is 28.5 Å². The van der Waals surface area contributed by atoms with Gasteiger partial charge in [0.15, 0.2) is 17.3 Å². The predicted octanol–water partition coefficient (Wildman–Crippen LogP) is 7.52. The van der Waals surface area contributed by atoms with Gasteiger partial charge >= 0.3 is 5.97 Å². The van der Waals surface area contributed by atoms with Crippen molar-refractivity contribution in [2.24, 2.45) is 5.10 Å². The van der Waals surface area contributed by atoms with Crippen LogP contribution in [-0.2, 0) is 0 Å². The maximum Gasteiger partial charge on any atom is 0.345 e. The highest BCUT2D eigenvalue weighted by molar-refractivity contribution is 6.36. The molecule has 200 valence electrons. The lowest BCUT2D eigenvalue weighted by atomic mass is 10.2. The van der Waals surface area contributed by atoms with Gasteiger partial charge in [-0.25, -0.2) is 9.78 Å². The van der Waals surface area contributed by atoms with E-state index in [2.05, 4.69) is 10.1 Å². The Morgan fingerprint density at radius 2 is 1.68 bits per heavy atom. The van der Waals surface area contributed by atoms with Crippen LogP contribution in [0.25, 0.3) is 22.3 Å².